The van der Waals surface area contributed by atoms with Crippen LogP contribution in [0.1, 0.15) is 15.9 Å². The average Bonchev–Trinajstić information content (AvgIpc) is 2.48. The Kier molecular flexibility index (Phi) is 5.32. The molecule has 0 aliphatic heterocycles. The number of halogens is 1. The van der Waals surface area contributed by atoms with Gasteiger partial charge in [-0.1, -0.05) is 28.1 Å². The van der Waals surface area contributed by atoms with Crippen LogP contribution in [0.2, 0.25) is 0 Å². The number of carboxylic acid groups (broad SMARTS) is 1. The molecule has 0 saturated carbocycles. The van der Waals surface area contributed by atoms with Crippen LogP contribution in [0.4, 0.5) is 10.5 Å². The molecule has 0 bridgehead atoms. The summed E-state index contributed by atoms with van der Waals surface area (Å²) in [5.41, 5.74) is 1.62. The van der Waals surface area contributed by atoms with Crippen molar-refractivity contribution in [2.45, 2.75) is 0 Å². The van der Waals surface area contributed by atoms with Crippen LogP contribution in [0.3, 0.4) is 0 Å². The van der Waals surface area contributed by atoms with Crippen molar-refractivity contribution in [2.24, 2.45) is 0 Å². The number of benzene rings is 2. The third kappa shape index (κ3) is 4.75. The van der Waals surface area contributed by atoms with Gasteiger partial charge in [0.1, 0.15) is 0 Å². The Morgan fingerprint density at radius 3 is 2.45 bits per heavy atom. The van der Waals surface area contributed by atoms with Crippen LogP contribution in [-0.4, -0.2) is 17.1 Å². The zero-order valence-electron chi connectivity index (χ0n) is 11.4. The number of aromatic carboxylic acids is 1. The van der Waals surface area contributed by atoms with Crippen LogP contribution in [-0.2, 0) is 0 Å². The molecule has 2 rings (SSSR count). The highest BCUT2D eigenvalue weighted by Crippen LogP contribution is 2.12. The van der Waals surface area contributed by atoms with Gasteiger partial charge in [0.15, 0.2) is 0 Å². The molecule has 112 valence electrons. The summed E-state index contributed by atoms with van der Waals surface area (Å²) in [6.07, 6.45) is 3.29. The predicted octanol–water partition coefficient (Wildman–Crippen LogP) is 3.94. The molecule has 0 aromatic heterocycles. The average molecular weight is 361 g/mol. The van der Waals surface area contributed by atoms with E-state index in [0.29, 0.717) is 5.69 Å². The smallest absolute Gasteiger partial charge is 0.335 e. The fraction of sp³-hybridized carbons (Fsp3) is 0. The number of carboxylic acids is 1. The molecule has 0 spiro atoms. The highest BCUT2D eigenvalue weighted by molar-refractivity contribution is 9.10. The summed E-state index contributed by atoms with van der Waals surface area (Å²) in [5.74, 6) is -1.01. The summed E-state index contributed by atoms with van der Waals surface area (Å²) >= 11 is 3.37. The molecule has 0 radical (unpaired) electrons. The fourth-order valence-corrected chi connectivity index (χ4v) is 2.10. The van der Waals surface area contributed by atoms with Gasteiger partial charge in [-0.15, -0.1) is 0 Å². The molecule has 0 unspecified atom stereocenters. The minimum atomic E-state index is -1.01. The normalized spacial score (nSPS) is 10.4. The molecule has 6 heteroatoms. The van der Waals surface area contributed by atoms with Gasteiger partial charge in [-0.2, -0.15) is 0 Å². The maximum Gasteiger partial charge on any atom is 0.335 e. The first kappa shape index (κ1) is 15.8. The highest BCUT2D eigenvalue weighted by Gasteiger charge is 2.03. The second-order valence-electron chi connectivity index (χ2n) is 4.37. The lowest BCUT2D eigenvalue weighted by atomic mass is 10.2. The topological polar surface area (TPSA) is 78.4 Å². The van der Waals surface area contributed by atoms with Gasteiger partial charge in [-0.25, -0.2) is 9.59 Å². The third-order valence-electron chi connectivity index (χ3n) is 2.73. The second-order valence-corrected chi connectivity index (χ2v) is 5.28. The van der Waals surface area contributed by atoms with Gasteiger partial charge < -0.3 is 15.7 Å². The molecule has 5 nitrogen and oxygen atoms in total. The molecular weight excluding hydrogens is 348 g/mol. The van der Waals surface area contributed by atoms with E-state index in [2.05, 4.69) is 26.6 Å². The fourth-order valence-electron chi connectivity index (χ4n) is 1.69. The summed E-state index contributed by atoms with van der Waals surface area (Å²) in [5, 5.41) is 14.0. The molecule has 2 amide bonds. The monoisotopic (exact) mass is 360 g/mol. The van der Waals surface area contributed by atoms with Crippen molar-refractivity contribution in [3.05, 3.63) is 70.3 Å². The molecular formula is C16H13BrN2O3. The van der Waals surface area contributed by atoms with Crippen LogP contribution >= 0.6 is 15.9 Å². The van der Waals surface area contributed by atoms with E-state index in [1.807, 2.05) is 24.3 Å². The van der Waals surface area contributed by atoms with Crippen molar-refractivity contribution in [2.75, 3.05) is 5.32 Å². The van der Waals surface area contributed by atoms with Gasteiger partial charge in [0.05, 0.1) is 5.56 Å². The maximum atomic E-state index is 11.7. The summed E-state index contributed by atoms with van der Waals surface area (Å²) in [4.78, 5) is 22.4. The van der Waals surface area contributed by atoms with E-state index in [1.165, 1.54) is 30.5 Å². The number of carbonyl (C=O) groups excluding carboxylic acids is 1. The predicted molar refractivity (Wildman–Crippen MR) is 88.7 cm³/mol. The number of rotatable bonds is 4. The Labute approximate surface area is 135 Å². The van der Waals surface area contributed by atoms with E-state index in [9.17, 15) is 9.59 Å². The SMILES string of the molecule is O=C(N/C=C/c1cccc(Br)c1)Nc1ccc(C(=O)O)cc1. The lowest BCUT2D eigenvalue weighted by molar-refractivity contribution is 0.0697. The zero-order valence-corrected chi connectivity index (χ0v) is 13.0. The van der Waals surface area contributed by atoms with Crippen LogP contribution in [0.25, 0.3) is 6.08 Å². The van der Waals surface area contributed by atoms with E-state index in [0.717, 1.165) is 10.0 Å². The first-order valence-corrected chi connectivity index (χ1v) is 7.17. The van der Waals surface area contributed by atoms with Crippen molar-refractivity contribution in [1.82, 2.24) is 5.32 Å². The third-order valence-corrected chi connectivity index (χ3v) is 3.22. The number of hydrogen-bond acceptors (Lipinski definition) is 2. The summed E-state index contributed by atoms with van der Waals surface area (Å²) < 4.78 is 0.956. The largest absolute Gasteiger partial charge is 0.478 e. The number of carbonyl (C=O) groups is 2. The summed E-state index contributed by atoms with van der Waals surface area (Å²) in [6.45, 7) is 0. The van der Waals surface area contributed by atoms with E-state index in [1.54, 1.807) is 6.08 Å². The Morgan fingerprint density at radius 1 is 1.09 bits per heavy atom. The van der Waals surface area contributed by atoms with Crippen LogP contribution in [0, 0.1) is 0 Å². The molecule has 0 saturated heterocycles. The van der Waals surface area contributed by atoms with E-state index in [-0.39, 0.29) is 5.56 Å². The van der Waals surface area contributed by atoms with Crippen LogP contribution in [0.5, 0.6) is 0 Å². The first-order valence-electron chi connectivity index (χ1n) is 6.37. The Morgan fingerprint density at radius 2 is 1.82 bits per heavy atom. The van der Waals surface area contributed by atoms with E-state index < -0.39 is 12.0 Å². The molecule has 22 heavy (non-hydrogen) atoms. The molecule has 0 aliphatic carbocycles. The van der Waals surface area contributed by atoms with Crippen molar-refractivity contribution in [1.29, 1.82) is 0 Å². The van der Waals surface area contributed by atoms with Crippen LogP contribution in [0.15, 0.2) is 59.2 Å². The number of nitrogens with one attached hydrogen (secondary N) is 2. The number of anilines is 1. The summed E-state index contributed by atoms with van der Waals surface area (Å²) in [6, 6.07) is 13.1. The van der Waals surface area contributed by atoms with Crippen molar-refractivity contribution in [3.8, 4) is 0 Å². The maximum absolute atomic E-state index is 11.7. The van der Waals surface area contributed by atoms with Gasteiger partial charge in [0.2, 0.25) is 0 Å². The van der Waals surface area contributed by atoms with Crippen molar-refractivity contribution >= 4 is 39.7 Å². The lowest BCUT2D eigenvalue weighted by Crippen LogP contribution is -2.23. The lowest BCUT2D eigenvalue weighted by Gasteiger charge is -2.04. The van der Waals surface area contributed by atoms with Crippen molar-refractivity contribution < 1.29 is 14.7 Å². The molecule has 2 aromatic carbocycles. The van der Waals surface area contributed by atoms with Crippen molar-refractivity contribution in [3.63, 3.8) is 0 Å². The standard InChI is InChI=1S/C16H13BrN2O3/c17-13-3-1-2-11(10-13)8-9-18-16(22)19-14-6-4-12(5-7-14)15(20)21/h1-10H,(H,20,21)(H2,18,19,22)/b9-8+. The van der Waals surface area contributed by atoms with Gasteiger partial charge >= 0.3 is 12.0 Å². The van der Waals surface area contributed by atoms with Gasteiger partial charge in [0, 0.05) is 16.4 Å². The molecule has 3 N–H and O–H groups in total. The molecule has 2 aromatic rings. The molecule has 0 heterocycles. The quantitative estimate of drug-likeness (QED) is 0.772. The number of urea groups is 1. The van der Waals surface area contributed by atoms with Gasteiger partial charge in [-0.3, -0.25) is 0 Å². The van der Waals surface area contributed by atoms with E-state index >= 15 is 0 Å². The highest BCUT2D eigenvalue weighted by atomic mass is 79.9. The van der Waals surface area contributed by atoms with Crippen LogP contribution < -0.4 is 10.6 Å². The second kappa shape index (κ2) is 7.42. The molecule has 0 fully saturated rings. The first-order chi connectivity index (χ1) is 10.5. The zero-order chi connectivity index (χ0) is 15.9. The Bertz CT molecular complexity index is 712. The number of hydrogen-bond donors (Lipinski definition) is 3. The number of amides is 2. The molecule has 0 aliphatic rings. The van der Waals surface area contributed by atoms with E-state index in [4.69, 9.17) is 5.11 Å². The Balaban J connectivity index is 1.89. The summed E-state index contributed by atoms with van der Waals surface area (Å²) in [7, 11) is 0. The minimum Gasteiger partial charge on any atom is -0.478 e. The molecule has 0 atom stereocenters. The minimum absolute atomic E-state index is 0.167. The van der Waals surface area contributed by atoms with Gasteiger partial charge in [0.25, 0.3) is 0 Å². The van der Waals surface area contributed by atoms with Gasteiger partial charge in [-0.05, 0) is 48.0 Å². The Hall–Kier alpha value is -2.60.